The number of nitrogens with zero attached hydrogens (tertiary/aromatic N) is 1. The number of carbonyl (C=O) groups excluding carboxylic acids is 2. The summed E-state index contributed by atoms with van der Waals surface area (Å²) in [5.74, 6) is 0.494. The van der Waals surface area contributed by atoms with Crippen LogP contribution in [0.25, 0.3) is 0 Å². The van der Waals surface area contributed by atoms with Crippen LogP contribution in [0, 0.1) is 5.92 Å². The lowest BCUT2D eigenvalue weighted by molar-refractivity contribution is -0.120. The Morgan fingerprint density at radius 3 is 2.30 bits per heavy atom. The minimum absolute atomic E-state index is 0.148. The highest BCUT2D eigenvalue weighted by Gasteiger charge is 2.18. The van der Waals surface area contributed by atoms with Crippen LogP contribution in [0.15, 0.2) is 48.5 Å². The number of nitrogens with one attached hydrogen (secondary N) is 2. The predicted molar refractivity (Wildman–Crippen MR) is 121 cm³/mol. The predicted octanol–water partition coefficient (Wildman–Crippen LogP) is 4.78. The Morgan fingerprint density at radius 2 is 1.70 bits per heavy atom. The van der Waals surface area contributed by atoms with Crippen molar-refractivity contribution in [3.8, 4) is 0 Å². The second-order valence-corrected chi connectivity index (χ2v) is 8.65. The smallest absolute Gasteiger partial charge is 0.226 e. The highest BCUT2D eigenvalue weighted by Crippen LogP contribution is 2.22. The second kappa shape index (κ2) is 10.6. The topological polar surface area (TPSA) is 61.4 Å². The molecule has 0 aromatic heterocycles. The fourth-order valence-corrected chi connectivity index (χ4v) is 3.89. The standard InChI is InChI=1S/C24H30ClN3O2/c1-17-11-13-28(14-12-17)16-19-3-9-22(10-4-19)27-24(30)15-23(26-18(2)29)20-5-7-21(25)8-6-20/h3-10,17,23H,11-16H2,1-2H3,(H,26,29)(H,27,30). The van der Waals surface area contributed by atoms with Gasteiger partial charge in [-0.2, -0.15) is 0 Å². The molecule has 2 N–H and O–H groups in total. The SMILES string of the molecule is CC(=O)NC(CC(=O)Nc1ccc(CN2CCC(C)CC2)cc1)c1ccc(Cl)cc1. The van der Waals surface area contributed by atoms with Gasteiger partial charge >= 0.3 is 0 Å². The molecule has 2 aromatic rings. The molecule has 1 saturated heterocycles. The number of carbonyl (C=O) groups is 2. The van der Waals surface area contributed by atoms with Crippen LogP contribution in [0.2, 0.25) is 5.02 Å². The lowest BCUT2D eigenvalue weighted by atomic mass is 9.99. The van der Waals surface area contributed by atoms with Crippen LogP contribution in [0.5, 0.6) is 0 Å². The molecule has 0 radical (unpaired) electrons. The Morgan fingerprint density at radius 1 is 1.07 bits per heavy atom. The van der Waals surface area contributed by atoms with Crippen molar-refractivity contribution in [1.29, 1.82) is 0 Å². The average molecular weight is 428 g/mol. The molecule has 0 aliphatic carbocycles. The number of anilines is 1. The molecule has 30 heavy (non-hydrogen) atoms. The lowest BCUT2D eigenvalue weighted by Crippen LogP contribution is -2.32. The number of hydrogen-bond acceptors (Lipinski definition) is 3. The van der Waals surface area contributed by atoms with Crippen LogP contribution < -0.4 is 10.6 Å². The summed E-state index contributed by atoms with van der Waals surface area (Å²) in [6, 6.07) is 14.8. The lowest BCUT2D eigenvalue weighted by Gasteiger charge is -2.30. The van der Waals surface area contributed by atoms with Crippen molar-refractivity contribution in [3.63, 3.8) is 0 Å². The fraction of sp³-hybridized carbons (Fsp3) is 0.417. The van der Waals surface area contributed by atoms with Crippen molar-refractivity contribution in [3.05, 3.63) is 64.7 Å². The summed E-state index contributed by atoms with van der Waals surface area (Å²) in [5, 5.41) is 6.39. The van der Waals surface area contributed by atoms with Crippen LogP contribution in [-0.4, -0.2) is 29.8 Å². The van der Waals surface area contributed by atoms with Crippen LogP contribution in [0.4, 0.5) is 5.69 Å². The van der Waals surface area contributed by atoms with E-state index in [-0.39, 0.29) is 18.2 Å². The first-order chi connectivity index (χ1) is 14.4. The number of likely N-dealkylation sites (tertiary alicyclic amines) is 1. The van der Waals surface area contributed by atoms with E-state index in [0.29, 0.717) is 5.02 Å². The summed E-state index contributed by atoms with van der Waals surface area (Å²) in [4.78, 5) is 26.6. The Hall–Kier alpha value is -2.37. The molecule has 1 fully saturated rings. The van der Waals surface area contributed by atoms with Gasteiger partial charge in [-0.3, -0.25) is 14.5 Å². The summed E-state index contributed by atoms with van der Waals surface area (Å²) < 4.78 is 0. The first-order valence-corrected chi connectivity index (χ1v) is 10.9. The Kier molecular flexibility index (Phi) is 7.88. The maximum atomic E-state index is 12.6. The van der Waals surface area contributed by atoms with Gasteiger partial charge in [0.2, 0.25) is 11.8 Å². The number of amides is 2. The molecule has 160 valence electrons. The number of benzene rings is 2. The summed E-state index contributed by atoms with van der Waals surface area (Å²) in [6.45, 7) is 7.01. The van der Waals surface area contributed by atoms with Gasteiger partial charge in [0.05, 0.1) is 12.5 Å². The maximum Gasteiger partial charge on any atom is 0.226 e. The van der Waals surface area contributed by atoms with E-state index in [1.165, 1.54) is 25.3 Å². The van der Waals surface area contributed by atoms with Gasteiger partial charge in [-0.1, -0.05) is 42.8 Å². The minimum atomic E-state index is -0.402. The Balaban J connectivity index is 1.56. The van der Waals surface area contributed by atoms with Crippen molar-refractivity contribution in [2.75, 3.05) is 18.4 Å². The zero-order chi connectivity index (χ0) is 21.5. The van der Waals surface area contributed by atoms with E-state index in [9.17, 15) is 9.59 Å². The van der Waals surface area contributed by atoms with E-state index in [0.717, 1.165) is 36.8 Å². The van der Waals surface area contributed by atoms with Crippen LogP contribution in [0.1, 0.15) is 50.3 Å². The molecule has 1 heterocycles. The molecular weight excluding hydrogens is 398 g/mol. The van der Waals surface area contributed by atoms with Gasteiger partial charge in [0.1, 0.15) is 0 Å². The minimum Gasteiger partial charge on any atom is -0.349 e. The second-order valence-electron chi connectivity index (χ2n) is 8.21. The first kappa shape index (κ1) is 22.3. The van der Waals surface area contributed by atoms with Gasteiger partial charge in [-0.15, -0.1) is 0 Å². The van der Waals surface area contributed by atoms with Gasteiger partial charge in [-0.25, -0.2) is 0 Å². The van der Waals surface area contributed by atoms with Gasteiger partial charge in [-0.05, 0) is 67.2 Å². The molecule has 6 heteroatoms. The first-order valence-electron chi connectivity index (χ1n) is 10.5. The van der Waals surface area contributed by atoms with Gasteiger partial charge in [0, 0.05) is 24.2 Å². The molecule has 0 bridgehead atoms. The normalized spacial score (nSPS) is 16.1. The third kappa shape index (κ3) is 6.85. The highest BCUT2D eigenvalue weighted by molar-refractivity contribution is 6.30. The Labute approximate surface area is 183 Å². The van der Waals surface area contributed by atoms with E-state index < -0.39 is 6.04 Å². The highest BCUT2D eigenvalue weighted by atomic mass is 35.5. The van der Waals surface area contributed by atoms with Crippen molar-refractivity contribution in [2.45, 2.75) is 45.7 Å². The average Bonchev–Trinajstić information content (AvgIpc) is 2.71. The summed E-state index contributed by atoms with van der Waals surface area (Å²) in [7, 11) is 0. The monoisotopic (exact) mass is 427 g/mol. The van der Waals surface area contributed by atoms with Crippen molar-refractivity contribution >= 4 is 29.1 Å². The number of rotatable bonds is 7. The van der Waals surface area contributed by atoms with Gasteiger partial charge in [0.15, 0.2) is 0 Å². The zero-order valence-corrected chi connectivity index (χ0v) is 18.4. The molecule has 2 aromatic carbocycles. The van der Waals surface area contributed by atoms with Gasteiger partial charge in [0.25, 0.3) is 0 Å². The third-order valence-corrected chi connectivity index (χ3v) is 5.81. The number of hydrogen-bond donors (Lipinski definition) is 2. The molecule has 1 aliphatic heterocycles. The molecule has 1 aliphatic rings. The van der Waals surface area contributed by atoms with E-state index in [4.69, 9.17) is 11.6 Å². The molecule has 1 atom stereocenters. The summed E-state index contributed by atoms with van der Waals surface area (Å²) in [6.07, 6.45) is 2.67. The van der Waals surface area contributed by atoms with E-state index in [2.05, 4.69) is 34.6 Å². The van der Waals surface area contributed by atoms with Crippen molar-refractivity contribution in [1.82, 2.24) is 10.2 Å². The van der Waals surface area contributed by atoms with E-state index in [1.807, 2.05) is 24.3 Å². The number of halogens is 1. The molecule has 0 spiro atoms. The molecule has 1 unspecified atom stereocenters. The van der Waals surface area contributed by atoms with E-state index >= 15 is 0 Å². The van der Waals surface area contributed by atoms with Crippen molar-refractivity contribution in [2.24, 2.45) is 5.92 Å². The molecular formula is C24H30ClN3O2. The molecule has 0 saturated carbocycles. The fourth-order valence-electron chi connectivity index (χ4n) is 3.76. The van der Waals surface area contributed by atoms with Gasteiger partial charge < -0.3 is 10.6 Å². The summed E-state index contributed by atoms with van der Waals surface area (Å²) in [5.41, 5.74) is 2.85. The largest absolute Gasteiger partial charge is 0.349 e. The molecule has 2 amide bonds. The molecule has 5 nitrogen and oxygen atoms in total. The molecule has 3 rings (SSSR count). The van der Waals surface area contributed by atoms with Crippen LogP contribution >= 0.6 is 11.6 Å². The van der Waals surface area contributed by atoms with Crippen LogP contribution in [0.3, 0.4) is 0 Å². The van der Waals surface area contributed by atoms with Crippen LogP contribution in [-0.2, 0) is 16.1 Å². The zero-order valence-electron chi connectivity index (χ0n) is 17.7. The number of piperidine rings is 1. The Bertz CT molecular complexity index is 844. The maximum absolute atomic E-state index is 12.6. The summed E-state index contributed by atoms with van der Waals surface area (Å²) >= 11 is 5.95. The quantitative estimate of drug-likeness (QED) is 0.668. The van der Waals surface area contributed by atoms with E-state index in [1.54, 1.807) is 12.1 Å². The third-order valence-electron chi connectivity index (χ3n) is 5.56. The van der Waals surface area contributed by atoms with Crippen molar-refractivity contribution < 1.29 is 9.59 Å².